The summed E-state index contributed by atoms with van der Waals surface area (Å²) in [4.78, 5) is 0. The van der Waals surface area contributed by atoms with E-state index in [9.17, 15) is 4.39 Å². The van der Waals surface area contributed by atoms with E-state index in [0.29, 0.717) is 23.7 Å². The molecule has 0 radical (unpaired) electrons. The molecule has 2 aliphatic carbocycles. The monoisotopic (exact) mass is 250 g/mol. The van der Waals surface area contributed by atoms with E-state index in [1.54, 1.807) is 0 Å². The minimum Gasteiger partial charge on any atom is -0.247 e. The fraction of sp³-hybridized carbons (Fsp3) is 0.882. The minimum atomic E-state index is -0.531. The van der Waals surface area contributed by atoms with Gasteiger partial charge in [0.05, 0.1) is 0 Å². The number of rotatable bonds is 1. The fourth-order valence-electron chi connectivity index (χ4n) is 3.80. The van der Waals surface area contributed by atoms with Gasteiger partial charge < -0.3 is 0 Å². The highest BCUT2D eigenvalue weighted by atomic mass is 19.1. The number of hydrogen-bond acceptors (Lipinski definition) is 0. The van der Waals surface area contributed by atoms with Crippen LogP contribution in [0.15, 0.2) is 0 Å². The molecule has 0 amide bonds. The van der Waals surface area contributed by atoms with Crippen molar-refractivity contribution in [3.8, 4) is 11.8 Å². The molecular formula is C17H27F. The molecule has 2 fully saturated rings. The van der Waals surface area contributed by atoms with Gasteiger partial charge in [0.2, 0.25) is 0 Å². The first-order chi connectivity index (χ1) is 8.70. The third-order valence-corrected chi connectivity index (χ3v) is 4.95. The molecule has 0 aliphatic heterocycles. The first-order valence-electron chi connectivity index (χ1n) is 7.83. The predicted octanol–water partition coefficient (Wildman–Crippen LogP) is 4.98. The Morgan fingerprint density at radius 1 is 1.06 bits per heavy atom. The van der Waals surface area contributed by atoms with E-state index in [4.69, 9.17) is 0 Å². The van der Waals surface area contributed by atoms with Crippen LogP contribution < -0.4 is 0 Å². The van der Waals surface area contributed by atoms with Crippen molar-refractivity contribution < 1.29 is 4.39 Å². The van der Waals surface area contributed by atoms with Crippen molar-refractivity contribution in [1.82, 2.24) is 0 Å². The van der Waals surface area contributed by atoms with Crippen LogP contribution in [0.3, 0.4) is 0 Å². The molecule has 2 saturated carbocycles. The molecule has 2 rings (SSSR count). The molecule has 0 saturated heterocycles. The van der Waals surface area contributed by atoms with Gasteiger partial charge in [0.1, 0.15) is 6.17 Å². The van der Waals surface area contributed by atoms with Crippen molar-refractivity contribution in [2.75, 3.05) is 0 Å². The molecule has 0 N–H and O–H groups in total. The molecule has 3 unspecified atom stereocenters. The molecule has 2 aliphatic rings. The van der Waals surface area contributed by atoms with Gasteiger partial charge in [-0.2, -0.15) is 0 Å². The average Bonchev–Trinajstić information content (AvgIpc) is 2.37. The summed E-state index contributed by atoms with van der Waals surface area (Å²) in [7, 11) is 0. The molecule has 102 valence electrons. The van der Waals surface area contributed by atoms with E-state index < -0.39 is 6.17 Å². The molecule has 18 heavy (non-hydrogen) atoms. The van der Waals surface area contributed by atoms with E-state index in [1.165, 1.54) is 32.1 Å². The van der Waals surface area contributed by atoms with Crippen LogP contribution >= 0.6 is 0 Å². The second-order valence-electron chi connectivity index (χ2n) is 6.38. The molecule has 0 bridgehead atoms. The molecule has 0 nitrogen and oxygen atoms in total. The van der Waals surface area contributed by atoms with E-state index in [2.05, 4.69) is 25.7 Å². The van der Waals surface area contributed by atoms with Crippen molar-refractivity contribution in [2.45, 2.75) is 71.4 Å². The zero-order valence-electron chi connectivity index (χ0n) is 11.9. The summed E-state index contributed by atoms with van der Waals surface area (Å²) in [6.45, 7) is 4.30. The Kier molecular flexibility index (Phi) is 5.10. The van der Waals surface area contributed by atoms with Crippen LogP contribution in [0.1, 0.15) is 65.2 Å². The van der Waals surface area contributed by atoms with Crippen LogP contribution in [-0.4, -0.2) is 6.17 Å². The first-order valence-corrected chi connectivity index (χ1v) is 7.83. The quantitative estimate of drug-likeness (QED) is 0.576. The van der Waals surface area contributed by atoms with Gasteiger partial charge >= 0.3 is 0 Å². The third kappa shape index (κ3) is 3.50. The Morgan fingerprint density at radius 2 is 1.78 bits per heavy atom. The van der Waals surface area contributed by atoms with Gasteiger partial charge in [-0.15, -0.1) is 5.92 Å². The lowest BCUT2D eigenvalue weighted by atomic mass is 9.69. The molecule has 0 heterocycles. The van der Waals surface area contributed by atoms with Gasteiger partial charge in [0.15, 0.2) is 0 Å². The second-order valence-corrected chi connectivity index (χ2v) is 6.38. The minimum absolute atomic E-state index is 0.362. The predicted molar refractivity (Wildman–Crippen MR) is 74.9 cm³/mol. The topological polar surface area (TPSA) is 0 Å². The molecular weight excluding hydrogens is 223 g/mol. The summed E-state index contributed by atoms with van der Waals surface area (Å²) in [6.07, 6.45) is 8.43. The third-order valence-electron chi connectivity index (χ3n) is 4.95. The largest absolute Gasteiger partial charge is 0.247 e. The standard InChI is InChI=1S/C17H27F/c1-3-4-5-14-7-9-15(10-8-14)16-11-6-13(2)12-17(16)18/h13-17H,3,6-12H2,1-2H3. The Morgan fingerprint density at radius 3 is 2.39 bits per heavy atom. The smallest absolute Gasteiger partial charge is 0.103 e. The van der Waals surface area contributed by atoms with Gasteiger partial charge in [-0.25, -0.2) is 4.39 Å². The van der Waals surface area contributed by atoms with Crippen LogP contribution in [0.2, 0.25) is 0 Å². The van der Waals surface area contributed by atoms with Gasteiger partial charge in [-0.05, 0) is 56.3 Å². The molecule has 0 spiro atoms. The van der Waals surface area contributed by atoms with Gasteiger partial charge in [-0.1, -0.05) is 26.2 Å². The van der Waals surface area contributed by atoms with Crippen molar-refractivity contribution in [2.24, 2.45) is 23.7 Å². The summed E-state index contributed by atoms with van der Waals surface area (Å²) in [5.41, 5.74) is 0. The normalized spacial score (nSPS) is 40.9. The summed E-state index contributed by atoms with van der Waals surface area (Å²) in [5, 5.41) is 0. The van der Waals surface area contributed by atoms with Crippen LogP contribution in [0.4, 0.5) is 4.39 Å². The second kappa shape index (κ2) is 6.60. The van der Waals surface area contributed by atoms with E-state index >= 15 is 0 Å². The highest BCUT2D eigenvalue weighted by molar-refractivity contribution is 5.04. The Balaban J connectivity index is 1.82. The van der Waals surface area contributed by atoms with E-state index in [0.717, 1.165) is 19.3 Å². The van der Waals surface area contributed by atoms with Crippen molar-refractivity contribution in [3.63, 3.8) is 0 Å². The van der Waals surface area contributed by atoms with Gasteiger partial charge in [0, 0.05) is 12.3 Å². The Labute approximate surface area is 112 Å². The first kappa shape index (κ1) is 13.9. The van der Waals surface area contributed by atoms with Gasteiger partial charge in [0.25, 0.3) is 0 Å². The molecule has 0 aromatic rings. The lowest BCUT2D eigenvalue weighted by molar-refractivity contribution is 0.0670. The molecule has 3 atom stereocenters. The number of alkyl halides is 1. The maximum atomic E-state index is 14.2. The van der Waals surface area contributed by atoms with E-state index in [-0.39, 0.29) is 0 Å². The maximum Gasteiger partial charge on any atom is 0.103 e. The highest BCUT2D eigenvalue weighted by Gasteiger charge is 2.35. The van der Waals surface area contributed by atoms with Crippen molar-refractivity contribution in [1.29, 1.82) is 0 Å². The number of halogens is 1. The maximum absolute atomic E-state index is 14.2. The van der Waals surface area contributed by atoms with Crippen LogP contribution in [0, 0.1) is 35.5 Å². The summed E-state index contributed by atoms with van der Waals surface area (Å²) in [5.74, 6) is 8.78. The van der Waals surface area contributed by atoms with Crippen LogP contribution in [-0.2, 0) is 0 Å². The van der Waals surface area contributed by atoms with Gasteiger partial charge in [-0.3, -0.25) is 0 Å². The summed E-state index contributed by atoms with van der Waals surface area (Å²) >= 11 is 0. The fourth-order valence-corrected chi connectivity index (χ4v) is 3.80. The highest BCUT2D eigenvalue weighted by Crippen LogP contribution is 2.42. The summed E-state index contributed by atoms with van der Waals surface area (Å²) < 4.78 is 14.2. The zero-order chi connectivity index (χ0) is 13.0. The summed E-state index contributed by atoms with van der Waals surface area (Å²) in [6, 6.07) is 0. The van der Waals surface area contributed by atoms with Crippen molar-refractivity contribution in [3.05, 3.63) is 0 Å². The SMILES string of the molecule is CCC#CC1CCC(C2CCC(C)CC2F)CC1. The molecule has 0 aromatic heterocycles. The molecule has 1 heteroatoms. The number of hydrogen-bond donors (Lipinski definition) is 0. The zero-order valence-corrected chi connectivity index (χ0v) is 11.9. The average molecular weight is 250 g/mol. The Bertz CT molecular complexity index is 303. The molecule has 0 aromatic carbocycles. The lowest BCUT2D eigenvalue weighted by Gasteiger charge is -2.38. The van der Waals surface area contributed by atoms with Crippen molar-refractivity contribution >= 4 is 0 Å². The van der Waals surface area contributed by atoms with E-state index in [1.807, 2.05) is 0 Å². The van der Waals surface area contributed by atoms with Crippen LogP contribution in [0.25, 0.3) is 0 Å². The Hall–Kier alpha value is -0.510. The lowest BCUT2D eigenvalue weighted by Crippen LogP contribution is -2.33. The van der Waals surface area contributed by atoms with Crippen LogP contribution in [0.5, 0.6) is 0 Å².